The highest BCUT2D eigenvalue weighted by Crippen LogP contribution is 2.65. The average molecular weight is 608 g/mol. The van der Waals surface area contributed by atoms with Gasteiger partial charge in [0.25, 0.3) is 0 Å². The van der Waals surface area contributed by atoms with Gasteiger partial charge in [-0.25, -0.2) is 0 Å². The molecule has 0 heterocycles. The van der Waals surface area contributed by atoms with Gasteiger partial charge in [-0.2, -0.15) is 0 Å². The summed E-state index contributed by atoms with van der Waals surface area (Å²) < 4.78 is 5.19. The number of aliphatic hydroxyl groups excluding tert-OH is 2. The first-order chi connectivity index (χ1) is 20.5. The van der Waals surface area contributed by atoms with Crippen molar-refractivity contribution in [2.24, 2.45) is 40.2 Å². The molecule has 236 valence electrons. The molecule has 7 N–H and O–H groups in total. The fourth-order valence-corrected chi connectivity index (χ4v) is 8.92. The Morgan fingerprint density at radius 1 is 1.14 bits per heavy atom. The SMILES string of the molecule is COc1cccc(C/C=C\c2ccc(O)c3c2C[C@]2(C)C[C@]4(C)[C@@H](C(C)C)C(O)[C@@H](C(N)=O)C(=O)[C@]4(O)C(O)[C@H]2C3=O)c1O. The number of hydrogen-bond donors (Lipinski definition) is 6. The molecule has 3 aliphatic carbocycles. The first kappa shape index (κ1) is 31.7. The van der Waals surface area contributed by atoms with E-state index < -0.39 is 63.9 Å². The van der Waals surface area contributed by atoms with Gasteiger partial charge in [-0.1, -0.05) is 58.0 Å². The van der Waals surface area contributed by atoms with Crippen molar-refractivity contribution >= 4 is 23.5 Å². The zero-order chi connectivity index (χ0) is 32.5. The molecule has 0 aliphatic heterocycles. The quantitative estimate of drug-likeness (QED) is 0.268. The molecule has 44 heavy (non-hydrogen) atoms. The van der Waals surface area contributed by atoms with Gasteiger partial charge < -0.3 is 36.0 Å². The Morgan fingerprint density at radius 3 is 2.43 bits per heavy atom. The number of rotatable bonds is 6. The zero-order valence-electron chi connectivity index (χ0n) is 25.6. The number of methoxy groups -OCH3 is 1. The van der Waals surface area contributed by atoms with E-state index in [0.717, 1.165) is 0 Å². The molecule has 8 atom stereocenters. The largest absolute Gasteiger partial charge is 0.507 e. The number of hydrogen-bond acceptors (Lipinski definition) is 9. The third-order valence-electron chi connectivity index (χ3n) is 10.6. The number of benzene rings is 2. The van der Waals surface area contributed by atoms with E-state index in [0.29, 0.717) is 28.9 Å². The van der Waals surface area contributed by atoms with Crippen LogP contribution in [0.2, 0.25) is 0 Å². The lowest BCUT2D eigenvalue weighted by molar-refractivity contribution is -0.265. The molecular formula is C34H41NO9. The number of allylic oxidation sites excluding steroid dienone is 1. The predicted octanol–water partition coefficient (Wildman–Crippen LogP) is 2.54. The fraction of sp³-hybridized carbons (Fsp3) is 0.500. The van der Waals surface area contributed by atoms with Crippen LogP contribution in [-0.2, 0) is 22.4 Å². The molecule has 0 radical (unpaired) electrons. The number of carbonyl (C=O) groups excluding carboxylic acids is 3. The number of Topliss-reactive ketones (excluding diaryl/α,β-unsaturated/α-hetero) is 2. The molecule has 3 aliphatic rings. The first-order valence-electron chi connectivity index (χ1n) is 14.9. The summed E-state index contributed by atoms with van der Waals surface area (Å²) in [6.45, 7) is 7.05. The Morgan fingerprint density at radius 2 is 1.82 bits per heavy atom. The summed E-state index contributed by atoms with van der Waals surface area (Å²) in [6, 6.07) is 8.26. The molecule has 10 nitrogen and oxygen atoms in total. The van der Waals surface area contributed by atoms with Crippen LogP contribution in [0.3, 0.4) is 0 Å². The van der Waals surface area contributed by atoms with Crippen molar-refractivity contribution in [2.45, 2.75) is 64.8 Å². The molecule has 2 aromatic carbocycles. The number of ether oxygens (including phenoxy) is 1. The molecule has 2 fully saturated rings. The number of amides is 1. The smallest absolute Gasteiger partial charge is 0.230 e. The Labute approximate surface area is 256 Å². The second-order valence-corrected chi connectivity index (χ2v) is 13.6. The van der Waals surface area contributed by atoms with Crippen molar-refractivity contribution in [1.29, 1.82) is 0 Å². The number of fused-ring (bicyclic) bond motifs is 3. The molecule has 0 aromatic heterocycles. The van der Waals surface area contributed by atoms with Crippen LogP contribution in [0, 0.1) is 34.5 Å². The van der Waals surface area contributed by atoms with E-state index >= 15 is 0 Å². The van der Waals surface area contributed by atoms with Crippen molar-refractivity contribution in [3.8, 4) is 17.2 Å². The lowest BCUT2D eigenvalue weighted by atomic mass is 9.39. The second-order valence-electron chi connectivity index (χ2n) is 13.6. The zero-order valence-corrected chi connectivity index (χ0v) is 25.6. The van der Waals surface area contributed by atoms with Gasteiger partial charge in [0.05, 0.1) is 24.7 Å². The average Bonchev–Trinajstić information content (AvgIpc) is 2.92. The van der Waals surface area contributed by atoms with Crippen LogP contribution in [0.15, 0.2) is 36.4 Å². The number of nitrogens with two attached hydrogens (primary N) is 1. The van der Waals surface area contributed by atoms with Gasteiger partial charge in [-0.05, 0) is 59.8 Å². The third-order valence-corrected chi connectivity index (χ3v) is 10.6. The predicted molar refractivity (Wildman–Crippen MR) is 161 cm³/mol. The van der Waals surface area contributed by atoms with Crippen molar-refractivity contribution in [1.82, 2.24) is 0 Å². The minimum atomic E-state index is -2.55. The third kappa shape index (κ3) is 4.29. The van der Waals surface area contributed by atoms with Gasteiger partial charge in [0.2, 0.25) is 5.91 Å². The second kappa shape index (κ2) is 10.7. The molecule has 2 saturated carbocycles. The maximum Gasteiger partial charge on any atom is 0.230 e. The van der Waals surface area contributed by atoms with E-state index in [9.17, 15) is 39.9 Å². The Kier molecular flexibility index (Phi) is 7.72. The van der Waals surface area contributed by atoms with Gasteiger partial charge in [0.1, 0.15) is 17.8 Å². The number of phenols is 2. The van der Waals surface area contributed by atoms with Crippen LogP contribution in [0.1, 0.15) is 61.2 Å². The molecule has 1 amide bonds. The highest BCUT2D eigenvalue weighted by Gasteiger charge is 2.75. The van der Waals surface area contributed by atoms with Crippen molar-refractivity contribution < 1.29 is 44.7 Å². The summed E-state index contributed by atoms with van der Waals surface area (Å²) in [5.74, 6) is -6.91. The van der Waals surface area contributed by atoms with Crippen LogP contribution >= 0.6 is 0 Å². The minimum Gasteiger partial charge on any atom is -0.507 e. The number of ketones is 2. The summed E-state index contributed by atoms with van der Waals surface area (Å²) in [5.41, 5.74) is 2.39. The minimum absolute atomic E-state index is 0.000240. The molecule has 2 unspecified atom stereocenters. The van der Waals surface area contributed by atoms with E-state index in [1.807, 2.05) is 13.0 Å². The number of aliphatic hydroxyl groups is 3. The van der Waals surface area contributed by atoms with E-state index in [4.69, 9.17) is 10.5 Å². The summed E-state index contributed by atoms with van der Waals surface area (Å²) in [5, 5.41) is 56.7. The van der Waals surface area contributed by atoms with E-state index in [1.165, 1.54) is 13.2 Å². The first-order valence-corrected chi connectivity index (χ1v) is 14.9. The van der Waals surface area contributed by atoms with Crippen molar-refractivity contribution in [3.05, 3.63) is 58.7 Å². The van der Waals surface area contributed by atoms with Crippen LogP contribution < -0.4 is 10.5 Å². The van der Waals surface area contributed by atoms with Gasteiger partial charge >= 0.3 is 0 Å². The van der Waals surface area contributed by atoms with E-state index in [-0.39, 0.29) is 35.8 Å². The Balaban J connectivity index is 1.60. The number of carbonyl (C=O) groups is 3. The fourth-order valence-electron chi connectivity index (χ4n) is 8.92. The number of phenolic OH excluding ortho intramolecular Hbond substituents is 2. The van der Waals surface area contributed by atoms with E-state index in [2.05, 4.69) is 0 Å². The van der Waals surface area contributed by atoms with Crippen molar-refractivity contribution in [2.75, 3.05) is 7.11 Å². The number of aromatic hydroxyl groups is 2. The molecular weight excluding hydrogens is 566 g/mol. The van der Waals surface area contributed by atoms with E-state index in [1.54, 1.807) is 51.1 Å². The standard InChI is InChI=1S/C34H41NO9/c1-16(2)24-28(39)23(31(35)42)29(40)34(43)30(41)25-27(38)22-19(14-32(25,3)15-33(24,34)4)17(12-13-20(22)36)8-6-9-18-10-7-11-21(44-5)26(18)37/h6-8,10-13,16,23-25,28,30,36-37,39,41,43H,9,14-15H2,1-5H3,(H2,35,42)/b8-6-/t23-,24+,25-,28?,30?,32-,33-,34+/m1/s1. The van der Waals surface area contributed by atoms with Crippen molar-refractivity contribution in [3.63, 3.8) is 0 Å². The van der Waals surface area contributed by atoms with Crippen LogP contribution in [-0.4, -0.2) is 67.9 Å². The molecule has 0 spiro atoms. The van der Waals surface area contributed by atoms with Crippen LogP contribution in [0.4, 0.5) is 0 Å². The van der Waals surface area contributed by atoms with Crippen LogP contribution in [0.25, 0.3) is 6.08 Å². The van der Waals surface area contributed by atoms with Gasteiger partial charge in [0.15, 0.2) is 28.7 Å². The topological polar surface area (TPSA) is 188 Å². The lowest BCUT2D eigenvalue weighted by Crippen LogP contribution is -2.79. The molecule has 0 bridgehead atoms. The summed E-state index contributed by atoms with van der Waals surface area (Å²) >= 11 is 0. The van der Waals surface area contributed by atoms with Gasteiger partial charge in [-0.15, -0.1) is 0 Å². The Bertz CT molecular complexity index is 1570. The maximum atomic E-state index is 14.2. The lowest BCUT2D eigenvalue weighted by Gasteiger charge is -2.66. The highest BCUT2D eigenvalue weighted by atomic mass is 16.5. The highest BCUT2D eigenvalue weighted by molar-refractivity contribution is 6.09. The monoisotopic (exact) mass is 607 g/mol. The van der Waals surface area contributed by atoms with Crippen LogP contribution in [0.5, 0.6) is 17.2 Å². The number of primary amides is 1. The van der Waals surface area contributed by atoms with Gasteiger partial charge in [0, 0.05) is 11.0 Å². The molecule has 0 saturated heterocycles. The summed E-state index contributed by atoms with van der Waals surface area (Å²) in [6.07, 6.45) is 0.849. The van der Waals surface area contributed by atoms with Gasteiger partial charge in [-0.3, -0.25) is 14.4 Å². The summed E-state index contributed by atoms with van der Waals surface area (Å²) in [4.78, 5) is 40.4. The maximum absolute atomic E-state index is 14.2. The number of para-hydroxylation sites is 1. The molecule has 5 rings (SSSR count). The Hall–Kier alpha value is -3.73. The molecule has 2 aromatic rings. The summed E-state index contributed by atoms with van der Waals surface area (Å²) in [7, 11) is 1.47. The normalized spacial score (nSPS) is 34.9. The molecule has 10 heteroatoms.